The summed E-state index contributed by atoms with van der Waals surface area (Å²) < 4.78 is 5.79. The third-order valence-corrected chi connectivity index (χ3v) is 11.5. The number of aliphatic hydroxyl groups is 2. The summed E-state index contributed by atoms with van der Waals surface area (Å²) in [4.78, 5) is 26.1. The minimum atomic E-state index is -0.842. The van der Waals surface area contributed by atoms with Crippen molar-refractivity contribution in [2.45, 2.75) is 238 Å². The fraction of sp³-hybridized carbons (Fsp3) is 0.613. The first kappa shape index (κ1) is 64.0. The number of amides is 1. The van der Waals surface area contributed by atoms with E-state index in [4.69, 9.17) is 4.74 Å². The van der Waals surface area contributed by atoms with E-state index in [1.54, 1.807) is 6.08 Å². The number of hydrogen-bond donors (Lipinski definition) is 3. The number of carbonyl (C=O) groups excluding carboxylic acids is 2. The van der Waals surface area contributed by atoms with Crippen molar-refractivity contribution in [3.8, 4) is 0 Å². The monoisotopic (exact) mass is 940 g/mol. The molecule has 3 atom stereocenters. The van der Waals surface area contributed by atoms with Crippen molar-refractivity contribution in [2.24, 2.45) is 0 Å². The maximum Gasteiger partial charge on any atom is 0.306 e. The van der Waals surface area contributed by atoms with Crippen molar-refractivity contribution in [3.05, 3.63) is 134 Å². The second kappa shape index (κ2) is 53.9. The van der Waals surface area contributed by atoms with Gasteiger partial charge in [-0.3, -0.25) is 9.59 Å². The Labute approximate surface area is 418 Å². The topological polar surface area (TPSA) is 95.9 Å². The highest BCUT2D eigenvalue weighted by Crippen LogP contribution is 2.16. The van der Waals surface area contributed by atoms with E-state index in [1.807, 2.05) is 12.2 Å². The van der Waals surface area contributed by atoms with Crippen molar-refractivity contribution in [1.82, 2.24) is 5.32 Å². The average Bonchev–Trinajstić information content (AvgIpc) is 3.33. The Morgan fingerprint density at radius 2 is 0.794 bits per heavy atom. The smallest absolute Gasteiger partial charge is 0.306 e. The third kappa shape index (κ3) is 48.5. The standard InChI is InChI=1S/C62H101NO5/c1-4-7-10-13-16-19-22-25-28-31-32-35-38-41-44-47-50-53-58(68-62(67)55-52-49-46-43-40-37-34-30-27-24-21-18-15-12-9-6-3)56-61(66)63-59(57-64)60(65)54-51-48-45-42-39-36-33-29-26-23-20-17-14-11-8-5-2/h7,9-10,12,16,18-19,21,25,27-28,30,32,35,37,40-41,44,46,49-50,53,58-60,64-65H,4-6,8,11,13-15,17,20,22-24,26,29,31,33-34,36,38-39,42-43,45,47-48,51-52,54-57H2,1-3H3,(H,63,66)/b10-7-,12-9+,19-16-,21-18+,28-25-,30-27+,35-32-,40-37+,44-41-,49-46+,53-50-. The molecule has 0 saturated heterocycles. The molecule has 0 aliphatic carbocycles. The van der Waals surface area contributed by atoms with Gasteiger partial charge in [-0.1, -0.05) is 251 Å². The molecule has 0 aliphatic rings. The van der Waals surface area contributed by atoms with Crippen LogP contribution in [-0.2, 0) is 14.3 Å². The molecule has 6 nitrogen and oxygen atoms in total. The van der Waals surface area contributed by atoms with Crippen LogP contribution < -0.4 is 5.32 Å². The van der Waals surface area contributed by atoms with E-state index in [-0.39, 0.29) is 31.3 Å². The molecule has 0 saturated carbocycles. The van der Waals surface area contributed by atoms with Gasteiger partial charge < -0.3 is 20.3 Å². The van der Waals surface area contributed by atoms with Crippen LogP contribution in [0, 0.1) is 0 Å². The molecule has 0 heterocycles. The van der Waals surface area contributed by atoms with Crippen LogP contribution in [-0.4, -0.2) is 46.9 Å². The van der Waals surface area contributed by atoms with Crippen LogP contribution in [0.25, 0.3) is 0 Å². The molecule has 0 radical (unpaired) electrons. The molecule has 0 aromatic carbocycles. The molecule has 0 fully saturated rings. The van der Waals surface area contributed by atoms with Gasteiger partial charge in [0.15, 0.2) is 0 Å². The number of nitrogens with one attached hydrogen (secondary N) is 1. The normalized spacial score (nSPS) is 14.2. The summed E-state index contributed by atoms with van der Waals surface area (Å²) in [5.41, 5.74) is 0. The summed E-state index contributed by atoms with van der Waals surface area (Å²) in [6.45, 7) is 6.20. The molecule has 6 heteroatoms. The fourth-order valence-electron chi connectivity index (χ4n) is 7.42. The van der Waals surface area contributed by atoms with Crippen LogP contribution in [0.1, 0.15) is 220 Å². The number of ether oxygens (including phenoxy) is 1. The Morgan fingerprint density at radius 1 is 0.456 bits per heavy atom. The Hall–Kier alpha value is -4.00. The van der Waals surface area contributed by atoms with E-state index >= 15 is 0 Å². The number of rotatable bonds is 47. The van der Waals surface area contributed by atoms with Crippen LogP contribution in [0.2, 0.25) is 0 Å². The lowest BCUT2D eigenvalue weighted by Gasteiger charge is -2.23. The van der Waals surface area contributed by atoms with Crippen LogP contribution in [0.4, 0.5) is 0 Å². The van der Waals surface area contributed by atoms with Crippen molar-refractivity contribution < 1.29 is 24.5 Å². The maximum atomic E-state index is 13.2. The number of esters is 1. The van der Waals surface area contributed by atoms with Crippen molar-refractivity contribution in [1.29, 1.82) is 0 Å². The van der Waals surface area contributed by atoms with Crippen molar-refractivity contribution >= 4 is 11.9 Å². The Kier molecular flexibility index (Phi) is 50.8. The van der Waals surface area contributed by atoms with Gasteiger partial charge in [-0.05, 0) is 89.5 Å². The predicted molar refractivity (Wildman–Crippen MR) is 296 cm³/mol. The van der Waals surface area contributed by atoms with E-state index in [1.165, 1.54) is 83.5 Å². The molecular weight excluding hydrogens is 839 g/mol. The number of unbranched alkanes of at least 4 members (excludes halogenated alkanes) is 15. The van der Waals surface area contributed by atoms with Gasteiger partial charge >= 0.3 is 5.97 Å². The van der Waals surface area contributed by atoms with Crippen LogP contribution >= 0.6 is 0 Å². The molecule has 3 unspecified atom stereocenters. The number of allylic oxidation sites excluding steroid dienone is 21. The molecule has 0 aliphatic heterocycles. The van der Waals surface area contributed by atoms with Gasteiger partial charge in [0.25, 0.3) is 0 Å². The molecule has 3 N–H and O–H groups in total. The molecule has 0 aromatic heterocycles. The molecule has 68 heavy (non-hydrogen) atoms. The minimum Gasteiger partial charge on any atom is -0.458 e. The Morgan fingerprint density at radius 3 is 1.16 bits per heavy atom. The maximum absolute atomic E-state index is 13.2. The lowest BCUT2D eigenvalue weighted by molar-refractivity contribution is -0.148. The largest absolute Gasteiger partial charge is 0.458 e. The first-order chi connectivity index (χ1) is 33.5. The van der Waals surface area contributed by atoms with E-state index in [0.29, 0.717) is 19.3 Å². The fourth-order valence-corrected chi connectivity index (χ4v) is 7.42. The Balaban J connectivity index is 4.86. The average molecular weight is 940 g/mol. The van der Waals surface area contributed by atoms with Gasteiger partial charge in [-0.2, -0.15) is 0 Å². The highest BCUT2D eigenvalue weighted by Gasteiger charge is 2.23. The quantitative estimate of drug-likeness (QED) is 0.0321. The molecule has 0 spiro atoms. The number of aliphatic hydroxyl groups excluding tert-OH is 2. The van der Waals surface area contributed by atoms with Crippen LogP contribution in [0.5, 0.6) is 0 Å². The predicted octanol–water partition coefficient (Wildman–Crippen LogP) is 17.0. The highest BCUT2D eigenvalue weighted by atomic mass is 16.5. The van der Waals surface area contributed by atoms with Crippen molar-refractivity contribution in [3.63, 3.8) is 0 Å². The summed E-state index contributed by atoms with van der Waals surface area (Å²) >= 11 is 0. The third-order valence-electron chi connectivity index (χ3n) is 11.5. The molecule has 0 rings (SSSR count). The van der Waals surface area contributed by atoms with Crippen LogP contribution in [0.3, 0.4) is 0 Å². The number of hydrogen-bond acceptors (Lipinski definition) is 5. The first-order valence-corrected chi connectivity index (χ1v) is 27.4. The second-order valence-corrected chi connectivity index (χ2v) is 17.9. The van der Waals surface area contributed by atoms with Gasteiger partial charge in [0, 0.05) is 6.42 Å². The lowest BCUT2D eigenvalue weighted by atomic mass is 10.0. The molecule has 0 bridgehead atoms. The second-order valence-electron chi connectivity index (χ2n) is 17.9. The first-order valence-electron chi connectivity index (χ1n) is 27.4. The van der Waals surface area contributed by atoms with Gasteiger partial charge in [0.2, 0.25) is 5.91 Å². The lowest BCUT2D eigenvalue weighted by Crippen LogP contribution is -2.46. The Bertz CT molecular complexity index is 1470. The van der Waals surface area contributed by atoms with Gasteiger partial charge in [0.1, 0.15) is 6.10 Å². The van der Waals surface area contributed by atoms with E-state index in [9.17, 15) is 19.8 Å². The van der Waals surface area contributed by atoms with Gasteiger partial charge in [0.05, 0.1) is 25.2 Å². The van der Waals surface area contributed by atoms with E-state index < -0.39 is 18.2 Å². The summed E-state index contributed by atoms with van der Waals surface area (Å²) in [5, 5.41) is 23.8. The number of carbonyl (C=O) groups is 2. The summed E-state index contributed by atoms with van der Waals surface area (Å²) in [5.74, 6) is -0.740. The zero-order valence-electron chi connectivity index (χ0n) is 43.7. The zero-order chi connectivity index (χ0) is 49.5. The van der Waals surface area contributed by atoms with E-state index in [0.717, 1.165) is 83.5 Å². The molecular formula is C62H101NO5. The summed E-state index contributed by atoms with van der Waals surface area (Å²) in [6, 6.07) is -0.768. The van der Waals surface area contributed by atoms with E-state index in [2.05, 4.69) is 142 Å². The SMILES string of the molecule is CC/C=C\C/C=C\C/C=C\C/C=C\C/C=C\C/C=C\C(CC(=O)NC(CO)C(O)CCCCCCCCCCCCCCCCCC)OC(=O)CC/C=C/C/C=C/C/C=C/C/C=C/C/C=C/CC. The zero-order valence-corrected chi connectivity index (χ0v) is 43.7. The molecule has 1 amide bonds. The van der Waals surface area contributed by atoms with Crippen molar-refractivity contribution in [2.75, 3.05) is 6.61 Å². The van der Waals surface area contributed by atoms with Crippen LogP contribution in [0.15, 0.2) is 134 Å². The summed E-state index contributed by atoms with van der Waals surface area (Å²) in [7, 11) is 0. The molecule has 384 valence electrons. The molecule has 0 aromatic rings. The van der Waals surface area contributed by atoms with Gasteiger partial charge in [-0.15, -0.1) is 0 Å². The summed E-state index contributed by atoms with van der Waals surface area (Å²) in [6.07, 6.45) is 76.9. The highest BCUT2D eigenvalue weighted by molar-refractivity contribution is 5.78. The minimum absolute atomic E-state index is 0.0855. The van der Waals surface area contributed by atoms with Gasteiger partial charge in [-0.25, -0.2) is 0 Å².